The van der Waals surface area contributed by atoms with Gasteiger partial charge in [-0.15, -0.1) is 0 Å². The van der Waals surface area contributed by atoms with E-state index in [2.05, 4.69) is 10.6 Å². The standard InChI is InChI=1S/C13H23N3O2S/c1-5-19(17,18)16(4)9-8-15-12-6-7-13(14-3)11(2)10-12/h6-7,10,14-15H,5,8-9H2,1-4H3. The summed E-state index contributed by atoms with van der Waals surface area (Å²) in [5.74, 6) is 0.138. The molecule has 5 nitrogen and oxygen atoms in total. The third-order valence-electron chi connectivity index (χ3n) is 3.09. The van der Waals surface area contributed by atoms with E-state index >= 15 is 0 Å². The third-order valence-corrected chi connectivity index (χ3v) is 4.95. The fourth-order valence-electron chi connectivity index (χ4n) is 1.77. The summed E-state index contributed by atoms with van der Waals surface area (Å²) in [5, 5.41) is 6.34. The van der Waals surface area contributed by atoms with E-state index in [4.69, 9.17) is 0 Å². The molecule has 0 saturated carbocycles. The van der Waals surface area contributed by atoms with E-state index in [9.17, 15) is 8.42 Å². The van der Waals surface area contributed by atoms with E-state index in [1.54, 1.807) is 14.0 Å². The smallest absolute Gasteiger partial charge is 0.213 e. The maximum absolute atomic E-state index is 11.6. The van der Waals surface area contributed by atoms with Crippen molar-refractivity contribution >= 4 is 21.4 Å². The SMILES string of the molecule is CCS(=O)(=O)N(C)CCNc1ccc(NC)c(C)c1. The molecule has 6 heteroatoms. The van der Waals surface area contributed by atoms with Crippen LogP contribution in [0.3, 0.4) is 0 Å². The molecule has 0 aliphatic carbocycles. The number of hydrogen-bond donors (Lipinski definition) is 2. The molecular weight excluding hydrogens is 262 g/mol. The number of benzene rings is 1. The molecule has 0 bridgehead atoms. The molecule has 1 aromatic carbocycles. The molecule has 0 fully saturated rings. The van der Waals surface area contributed by atoms with Crippen molar-refractivity contribution in [2.75, 3.05) is 43.6 Å². The Bertz CT molecular complexity index is 515. The lowest BCUT2D eigenvalue weighted by Crippen LogP contribution is -2.32. The molecule has 1 aromatic rings. The Hall–Kier alpha value is -1.27. The minimum absolute atomic E-state index is 0.138. The van der Waals surface area contributed by atoms with Gasteiger partial charge in [-0.05, 0) is 37.6 Å². The molecule has 2 N–H and O–H groups in total. The molecule has 19 heavy (non-hydrogen) atoms. The first-order valence-electron chi connectivity index (χ1n) is 6.37. The molecule has 0 heterocycles. The van der Waals surface area contributed by atoms with Gasteiger partial charge in [-0.25, -0.2) is 12.7 Å². The minimum atomic E-state index is -3.09. The largest absolute Gasteiger partial charge is 0.388 e. The zero-order valence-electron chi connectivity index (χ0n) is 12.0. The van der Waals surface area contributed by atoms with Gasteiger partial charge in [0.05, 0.1) is 5.75 Å². The van der Waals surface area contributed by atoms with Crippen LogP contribution in [0.15, 0.2) is 18.2 Å². The first-order chi connectivity index (χ1) is 8.90. The number of sulfonamides is 1. The van der Waals surface area contributed by atoms with E-state index in [-0.39, 0.29) is 5.75 Å². The maximum atomic E-state index is 11.6. The van der Waals surface area contributed by atoms with Crippen LogP contribution in [0.4, 0.5) is 11.4 Å². The lowest BCUT2D eigenvalue weighted by molar-refractivity contribution is 0.481. The van der Waals surface area contributed by atoms with Crippen molar-refractivity contribution in [3.63, 3.8) is 0 Å². The Morgan fingerprint density at radius 2 is 2.00 bits per heavy atom. The number of anilines is 2. The van der Waals surface area contributed by atoms with Gasteiger partial charge in [-0.1, -0.05) is 0 Å². The van der Waals surface area contributed by atoms with Crippen LogP contribution in [0, 0.1) is 6.92 Å². The average Bonchev–Trinajstić information content (AvgIpc) is 2.38. The minimum Gasteiger partial charge on any atom is -0.388 e. The Labute approximate surface area is 116 Å². The highest BCUT2D eigenvalue weighted by Gasteiger charge is 2.13. The van der Waals surface area contributed by atoms with Crippen LogP contribution in [0.5, 0.6) is 0 Å². The van der Waals surface area contributed by atoms with Gasteiger partial charge in [-0.3, -0.25) is 0 Å². The summed E-state index contributed by atoms with van der Waals surface area (Å²) in [5.41, 5.74) is 3.25. The predicted molar refractivity (Wildman–Crippen MR) is 81.3 cm³/mol. The summed E-state index contributed by atoms with van der Waals surface area (Å²) in [6, 6.07) is 6.03. The first kappa shape index (κ1) is 15.8. The topological polar surface area (TPSA) is 61.4 Å². The van der Waals surface area contributed by atoms with Crippen molar-refractivity contribution in [3.8, 4) is 0 Å². The number of hydrogen-bond acceptors (Lipinski definition) is 4. The van der Waals surface area contributed by atoms with Crippen molar-refractivity contribution in [1.29, 1.82) is 0 Å². The highest BCUT2D eigenvalue weighted by Crippen LogP contribution is 2.18. The van der Waals surface area contributed by atoms with Gasteiger partial charge in [0.2, 0.25) is 10.0 Å². The van der Waals surface area contributed by atoms with Crippen LogP contribution in [-0.4, -0.2) is 45.7 Å². The Morgan fingerprint density at radius 3 is 2.53 bits per heavy atom. The Kier molecular flexibility index (Phi) is 5.62. The van der Waals surface area contributed by atoms with Gasteiger partial charge in [0.25, 0.3) is 0 Å². The molecule has 0 saturated heterocycles. The summed E-state index contributed by atoms with van der Waals surface area (Å²) in [6.07, 6.45) is 0. The van der Waals surface area contributed by atoms with Crippen LogP contribution in [0.1, 0.15) is 12.5 Å². The van der Waals surface area contributed by atoms with Gasteiger partial charge in [0.1, 0.15) is 0 Å². The zero-order valence-corrected chi connectivity index (χ0v) is 12.8. The molecule has 0 atom stereocenters. The van der Waals surface area contributed by atoms with Crippen LogP contribution in [0.25, 0.3) is 0 Å². The van der Waals surface area contributed by atoms with E-state index < -0.39 is 10.0 Å². The van der Waals surface area contributed by atoms with Gasteiger partial charge in [0, 0.05) is 38.6 Å². The highest BCUT2D eigenvalue weighted by molar-refractivity contribution is 7.89. The van der Waals surface area contributed by atoms with Crippen molar-refractivity contribution < 1.29 is 8.42 Å². The number of nitrogens with one attached hydrogen (secondary N) is 2. The lowest BCUT2D eigenvalue weighted by atomic mass is 10.2. The fraction of sp³-hybridized carbons (Fsp3) is 0.538. The summed E-state index contributed by atoms with van der Waals surface area (Å²) in [4.78, 5) is 0. The number of likely N-dealkylation sites (N-methyl/N-ethyl adjacent to an activating group) is 1. The average molecular weight is 285 g/mol. The molecule has 0 radical (unpaired) electrons. The first-order valence-corrected chi connectivity index (χ1v) is 7.98. The van der Waals surface area contributed by atoms with E-state index in [0.29, 0.717) is 13.1 Å². The Balaban J connectivity index is 2.52. The Morgan fingerprint density at radius 1 is 1.32 bits per heavy atom. The molecule has 0 aliphatic rings. The second-order valence-electron chi connectivity index (χ2n) is 4.43. The molecule has 0 aliphatic heterocycles. The number of nitrogens with zero attached hydrogens (tertiary/aromatic N) is 1. The van der Waals surface area contributed by atoms with E-state index in [1.807, 2.05) is 32.2 Å². The predicted octanol–water partition coefficient (Wildman–Crippen LogP) is 1.73. The van der Waals surface area contributed by atoms with Crippen LogP contribution >= 0.6 is 0 Å². The fourth-order valence-corrected chi connectivity index (χ4v) is 2.58. The highest BCUT2D eigenvalue weighted by atomic mass is 32.2. The van der Waals surface area contributed by atoms with Crippen LogP contribution in [0.2, 0.25) is 0 Å². The summed E-state index contributed by atoms with van der Waals surface area (Å²) >= 11 is 0. The van der Waals surface area contributed by atoms with E-state index in [1.165, 1.54) is 4.31 Å². The summed E-state index contributed by atoms with van der Waals surface area (Å²) < 4.78 is 24.5. The summed E-state index contributed by atoms with van der Waals surface area (Å²) in [7, 11) is 0.408. The lowest BCUT2D eigenvalue weighted by Gasteiger charge is -2.17. The number of rotatable bonds is 7. The van der Waals surface area contributed by atoms with Crippen LogP contribution in [-0.2, 0) is 10.0 Å². The summed E-state index contributed by atoms with van der Waals surface area (Å²) in [6.45, 7) is 4.74. The molecule has 0 spiro atoms. The normalized spacial score (nSPS) is 11.6. The van der Waals surface area contributed by atoms with Gasteiger partial charge >= 0.3 is 0 Å². The quantitative estimate of drug-likeness (QED) is 0.801. The van der Waals surface area contributed by atoms with Crippen molar-refractivity contribution in [2.45, 2.75) is 13.8 Å². The zero-order chi connectivity index (χ0) is 14.5. The molecule has 0 aromatic heterocycles. The van der Waals surface area contributed by atoms with Gasteiger partial charge in [-0.2, -0.15) is 0 Å². The number of aryl methyl sites for hydroxylation is 1. The molecule has 108 valence electrons. The molecule has 0 unspecified atom stereocenters. The second-order valence-corrected chi connectivity index (χ2v) is 6.79. The van der Waals surface area contributed by atoms with Crippen molar-refractivity contribution in [3.05, 3.63) is 23.8 Å². The molecule has 1 rings (SSSR count). The van der Waals surface area contributed by atoms with Gasteiger partial charge in [0.15, 0.2) is 0 Å². The van der Waals surface area contributed by atoms with Crippen molar-refractivity contribution in [1.82, 2.24) is 4.31 Å². The third kappa shape index (κ3) is 4.40. The van der Waals surface area contributed by atoms with Gasteiger partial charge < -0.3 is 10.6 Å². The van der Waals surface area contributed by atoms with E-state index in [0.717, 1.165) is 16.9 Å². The molecular formula is C13H23N3O2S. The van der Waals surface area contributed by atoms with Crippen molar-refractivity contribution in [2.24, 2.45) is 0 Å². The van der Waals surface area contributed by atoms with Crippen LogP contribution < -0.4 is 10.6 Å². The molecule has 0 amide bonds. The second kappa shape index (κ2) is 6.77. The monoisotopic (exact) mass is 285 g/mol. The maximum Gasteiger partial charge on any atom is 0.213 e.